The highest BCUT2D eigenvalue weighted by atomic mass is 32.1. The minimum atomic E-state index is 0.439. The Kier molecular flexibility index (Phi) is 3.62. The number of thiophene rings is 1. The molecule has 2 nitrogen and oxygen atoms in total. The highest BCUT2D eigenvalue weighted by Gasteiger charge is 2.19. The van der Waals surface area contributed by atoms with Gasteiger partial charge in [0.2, 0.25) is 0 Å². The van der Waals surface area contributed by atoms with Gasteiger partial charge >= 0.3 is 0 Å². The summed E-state index contributed by atoms with van der Waals surface area (Å²) in [6, 6.07) is 11.0. The second kappa shape index (κ2) is 5.55. The molecule has 0 saturated heterocycles. The minimum absolute atomic E-state index is 0.439. The van der Waals surface area contributed by atoms with E-state index in [4.69, 9.17) is 4.74 Å². The molecule has 1 atom stereocenters. The Hall–Kier alpha value is -1.32. The fourth-order valence-corrected chi connectivity index (χ4v) is 3.08. The van der Waals surface area contributed by atoms with Crippen molar-refractivity contribution in [2.75, 3.05) is 13.2 Å². The summed E-state index contributed by atoms with van der Waals surface area (Å²) in [6.45, 7) is 1.84. The minimum Gasteiger partial charge on any atom is -0.493 e. The van der Waals surface area contributed by atoms with E-state index in [1.165, 1.54) is 11.1 Å². The summed E-state index contributed by atoms with van der Waals surface area (Å²) in [5.74, 6) is 1.04. The van der Waals surface area contributed by atoms with E-state index >= 15 is 0 Å². The van der Waals surface area contributed by atoms with Gasteiger partial charge in [0, 0.05) is 18.0 Å². The lowest BCUT2D eigenvalue weighted by molar-refractivity contribution is 0.253. The van der Waals surface area contributed by atoms with Crippen LogP contribution in [0, 0.1) is 0 Å². The van der Waals surface area contributed by atoms with Crippen LogP contribution >= 0.6 is 11.3 Å². The lowest BCUT2D eigenvalue weighted by atomic mass is 10.0. The van der Waals surface area contributed by atoms with E-state index in [-0.39, 0.29) is 0 Å². The third kappa shape index (κ3) is 2.57. The van der Waals surface area contributed by atoms with E-state index < -0.39 is 0 Å². The van der Waals surface area contributed by atoms with Crippen LogP contribution in [0.4, 0.5) is 0 Å². The van der Waals surface area contributed by atoms with Crippen LogP contribution in [0.5, 0.6) is 5.75 Å². The molecule has 0 spiro atoms. The monoisotopic (exact) mass is 259 g/mol. The van der Waals surface area contributed by atoms with E-state index in [0.717, 1.165) is 31.7 Å². The summed E-state index contributed by atoms with van der Waals surface area (Å²) < 4.78 is 5.67. The maximum Gasteiger partial charge on any atom is 0.124 e. The first-order valence-corrected chi connectivity index (χ1v) is 7.34. The molecule has 0 bridgehead atoms. The van der Waals surface area contributed by atoms with Crippen molar-refractivity contribution in [3.63, 3.8) is 0 Å². The molecule has 0 aliphatic carbocycles. The number of hydrogen-bond acceptors (Lipinski definition) is 3. The van der Waals surface area contributed by atoms with Crippen molar-refractivity contribution in [1.82, 2.24) is 5.32 Å². The average Bonchev–Trinajstić information content (AvgIpc) is 2.92. The lowest BCUT2D eigenvalue weighted by Crippen LogP contribution is -2.28. The Morgan fingerprint density at radius 2 is 2.22 bits per heavy atom. The van der Waals surface area contributed by atoms with Gasteiger partial charge < -0.3 is 10.1 Å². The van der Waals surface area contributed by atoms with E-state index in [2.05, 4.69) is 40.3 Å². The Labute approximate surface area is 112 Å². The topological polar surface area (TPSA) is 21.3 Å². The molecular formula is C15H17NOS. The van der Waals surface area contributed by atoms with Gasteiger partial charge in [-0.25, -0.2) is 0 Å². The number of ether oxygens (including phenoxy) is 1. The summed E-state index contributed by atoms with van der Waals surface area (Å²) in [5, 5.41) is 8.00. The van der Waals surface area contributed by atoms with Gasteiger partial charge in [0.15, 0.2) is 0 Å². The maximum absolute atomic E-state index is 5.67. The Morgan fingerprint density at radius 3 is 3.11 bits per heavy atom. The SMILES string of the molecule is c1ccc2c(c1)OCCC2NCCc1ccsc1. The van der Waals surface area contributed by atoms with Gasteiger partial charge in [-0.2, -0.15) is 11.3 Å². The van der Waals surface area contributed by atoms with Crippen molar-refractivity contribution in [3.05, 3.63) is 52.2 Å². The number of para-hydroxylation sites is 1. The van der Waals surface area contributed by atoms with Gasteiger partial charge in [-0.1, -0.05) is 18.2 Å². The molecule has 1 aromatic carbocycles. The first-order valence-electron chi connectivity index (χ1n) is 6.39. The van der Waals surface area contributed by atoms with E-state index in [1.807, 2.05) is 6.07 Å². The number of fused-ring (bicyclic) bond motifs is 1. The zero-order valence-corrected chi connectivity index (χ0v) is 11.1. The van der Waals surface area contributed by atoms with Crippen LogP contribution in [0.15, 0.2) is 41.1 Å². The van der Waals surface area contributed by atoms with Crippen LogP contribution < -0.4 is 10.1 Å². The summed E-state index contributed by atoms with van der Waals surface area (Å²) in [5.41, 5.74) is 2.72. The largest absolute Gasteiger partial charge is 0.493 e. The zero-order valence-electron chi connectivity index (χ0n) is 10.3. The summed E-state index contributed by atoms with van der Waals surface area (Å²) >= 11 is 1.77. The second-order valence-corrected chi connectivity index (χ2v) is 5.34. The molecule has 94 valence electrons. The molecule has 1 N–H and O–H groups in total. The number of rotatable bonds is 4. The van der Waals surface area contributed by atoms with Crippen molar-refractivity contribution in [2.45, 2.75) is 18.9 Å². The average molecular weight is 259 g/mol. The summed E-state index contributed by atoms with van der Waals surface area (Å²) in [4.78, 5) is 0. The molecule has 0 saturated carbocycles. The van der Waals surface area contributed by atoms with Gasteiger partial charge in [0.1, 0.15) is 5.75 Å². The third-order valence-corrected chi connectivity index (χ3v) is 4.08. The lowest BCUT2D eigenvalue weighted by Gasteiger charge is -2.26. The summed E-state index contributed by atoms with van der Waals surface area (Å²) in [6.07, 6.45) is 2.16. The Balaban J connectivity index is 1.60. The highest BCUT2D eigenvalue weighted by Crippen LogP contribution is 2.31. The molecule has 2 aromatic rings. The molecule has 0 fully saturated rings. The van der Waals surface area contributed by atoms with Crippen LogP contribution in [0.25, 0.3) is 0 Å². The van der Waals surface area contributed by atoms with Gasteiger partial charge in [-0.3, -0.25) is 0 Å². The standard InChI is InChI=1S/C15H17NOS/c1-2-4-15-13(3-1)14(6-9-17-15)16-8-5-12-7-10-18-11-12/h1-4,7,10-11,14,16H,5-6,8-9H2. The molecule has 0 amide bonds. The summed E-state index contributed by atoms with van der Waals surface area (Å²) in [7, 11) is 0. The molecule has 2 heterocycles. The van der Waals surface area contributed by atoms with E-state index in [0.29, 0.717) is 6.04 Å². The van der Waals surface area contributed by atoms with Gasteiger partial charge in [-0.15, -0.1) is 0 Å². The third-order valence-electron chi connectivity index (χ3n) is 3.34. The first-order chi connectivity index (χ1) is 8.93. The smallest absolute Gasteiger partial charge is 0.124 e. The number of nitrogens with one attached hydrogen (secondary N) is 1. The molecule has 1 unspecified atom stereocenters. The molecule has 3 heteroatoms. The Bertz CT molecular complexity index is 495. The Morgan fingerprint density at radius 1 is 1.28 bits per heavy atom. The predicted molar refractivity (Wildman–Crippen MR) is 75.3 cm³/mol. The van der Waals surface area contributed by atoms with Crippen LogP contribution in [0.2, 0.25) is 0 Å². The van der Waals surface area contributed by atoms with Crippen molar-refractivity contribution < 1.29 is 4.74 Å². The van der Waals surface area contributed by atoms with Crippen LogP contribution in [0.3, 0.4) is 0 Å². The second-order valence-electron chi connectivity index (χ2n) is 4.56. The van der Waals surface area contributed by atoms with Crippen LogP contribution in [-0.4, -0.2) is 13.2 Å². The van der Waals surface area contributed by atoms with Crippen LogP contribution in [0.1, 0.15) is 23.6 Å². The van der Waals surface area contributed by atoms with Crippen molar-refractivity contribution >= 4 is 11.3 Å². The normalized spacial score (nSPS) is 18.1. The van der Waals surface area contributed by atoms with Crippen LogP contribution in [-0.2, 0) is 6.42 Å². The number of benzene rings is 1. The molecule has 0 radical (unpaired) electrons. The van der Waals surface area contributed by atoms with Gasteiger partial charge in [0.25, 0.3) is 0 Å². The highest BCUT2D eigenvalue weighted by molar-refractivity contribution is 7.07. The van der Waals surface area contributed by atoms with Gasteiger partial charge in [0.05, 0.1) is 6.61 Å². The fraction of sp³-hybridized carbons (Fsp3) is 0.333. The van der Waals surface area contributed by atoms with E-state index in [9.17, 15) is 0 Å². The molecule has 3 rings (SSSR count). The predicted octanol–water partition coefficient (Wildman–Crippen LogP) is 3.40. The van der Waals surface area contributed by atoms with Crippen molar-refractivity contribution in [3.8, 4) is 5.75 Å². The maximum atomic E-state index is 5.67. The molecule has 1 aromatic heterocycles. The quantitative estimate of drug-likeness (QED) is 0.908. The van der Waals surface area contributed by atoms with E-state index in [1.54, 1.807) is 11.3 Å². The first kappa shape index (κ1) is 11.8. The molecule has 18 heavy (non-hydrogen) atoms. The molecule has 1 aliphatic rings. The zero-order chi connectivity index (χ0) is 12.2. The molecule has 1 aliphatic heterocycles. The fourth-order valence-electron chi connectivity index (χ4n) is 2.38. The van der Waals surface area contributed by atoms with Crippen molar-refractivity contribution in [2.24, 2.45) is 0 Å². The molecular weight excluding hydrogens is 242 g/mol. The van der Waals surface area contributed by atoms with Gasteiger partial charge in [-0.05, 0) is 41.4 Å². The number of hydrogen-bond donors (Lipinski definition) is 1. The van der Waals surface area contributed by atoms with Crippen molar-refractivity contribution in [1.29, 1.82) is 0 Å².